The van der Waals surface area contributed by atoms with Gasteiger partial charge in [-0.3, -0.25) is 5.10 Å². The molecule has 7 rings (SSSR count). The number of H-pyrrole nitrogens is 1. The van der Waals surface area contributed by atoms with Gasteiger partial charge in [-0.05, 0) is 13.0 Å². The average molecular weight is 420 g/mol. The minimum absolute atomic E-state index is 0.128. The first-order valence-corrected chi connectivity index (χ1v) is 10.7. The maximum Gasteiger partial charge on any atom is 0.168 e. The van der Waals surface area contributed by atoms with E-state index in [0.29, 0.717) is 31.7 Å². The number of morpholine rings is 1. The van der Waals surface area contributed by atoms with E-state index in [9.17, 15) is 5.11 Å². The molecule has 4 fully saturated rings. The molecule has 3 aromatic rings. The van der Waals surface area contributed by atoms with E-state index in [4.69, 9.17) is 14.5 Å². The fourth-order valence-corrected chi connectivity index (χ4v) is 4.79. The van der Waals surface area contributed by atoms with Crippen molar-refractivity contribution in [2.24, 2.45) is 0 Å². The summed E-state index contributed by atoms with van der Waals surface area (Å²) in [5.74, 6) is 7.97. The van der Waals surface area contributed by atoms with Crippen LogP contribution in [0.15, 0.2) is 24.5 Å². The first-order chi connectivity index (χ1) is 15.1. The van der Waals surface area contributed by atoms with Crippen LogP contribution in [-0.2, 0) is 9.47 Å². The second-order valence-corrected chi connectivity index (χ2v) is 8.69. The molecule has 31 heavy (non-hydrogen) atoms. The number of ether oxygens (including phenoxy) is 2. The summed E-state index contributed by atoms with van der Waals surface area (Å²) in [6.07, 6.45) is 5.86. The molecule has 6 heterocycles. The molecule has 4 aliphatic rings. The number of pyridine rings is 1. The Hall–Kier alpha value is -2.93. The van der Waals surface area contributed by atoms with Crippen molar-refractivity contribution in [2.75, 3.05) is 24.7 Å². The molecule has 0 aromatic carbocycles. The molecule has 2 bridgehead atoms. The van der Waals surface area contributed by atoms with Crippen LogP contribution in [0.1, 0.15) is 31.7 Å². The minimum Gasteiger partial charge on any atom is -0.377 e. The van der Waals surface area contributed by atoms with E-state index in [0.717, 1.165) is 35.6 Å². The van der Waals surface area contributed by atoms with E-state index in [1.807, 2.05) is 12.1 Å². The lowest BCUT2D eigenvalue weighted by Gasteiger charge is -2.47. The zero-order chi connectivity index (χ0) is 21.0. The second-order valence-electron chi connectivity index (χ2n) is 8.69. The lowest BCUT2D eigenvalue weighted by Crippen LogP contribution is -2.53. The van der Waals surface area contributed by atoms with Gasteiger partial charge < -0.3 is 19.5 Å². The number of nitrogens with zero attached hydrogens (tertiary/aromatic N) is 5. The molecule has 2 N–H and O–H groups in total. The smallest absolute Gasteiger partial charge is 0.168 e. The molecule has 2 unspecified atom stereocenters. The van der Waals surface area contributed by atoms with Crippen LogP contribution >= 0.6 is 0 Å². The van der Waals surface area contributed by atoms with Gasteiger partial charge in [0.2, 0.25) is 0 Å². The Labute approximate surface area is 179 Å². The van der Waals surface area contributed by atoms with E-state index >= 15 is 0 Å². The Kier molecular flexibility index (Phi) is 4.28. The lowest BCUT2D eigenvalue weighted by molar-refractivity contribution is -0.204. The number of aromatic nitrogens is 5. The second kappa shape index (κ2) is 7.05. The van der Waals surface area contributed by atoms with Crippen molar-refractivity contribution in [3.63, 3.8) is 0 Å². The molecule has 0 amide bonds. The van der Waals surface area contributed by atoms with Gasteiger partial charge >= 0.3 is 0 Å². The van der Waals surface area contributed by atoms with Crippen LogP contribution in [0.2, 0.25) is 0 Å². The predicted octanol–water partition coefficient (Wildman–Crippen LogP) is 1.40. The van der Waals surface area contributed by atoms with E-state index in [2.05, 4.69) is 39.0 Å². The summed E-state index contributed by atoms with van der Waals surface area (Å²) in [5.41, 5.74) is 0.498. The Morgan fingerprint density at radius 1 is 1.32 bits per heavy atom. The van der Waals surface area contributed by atoms with Crippen molar-refractivity contribution in [1.29, 1.82) is 0 Å². The summed E-state index contributed by atoms with van der Waals surface area (Å²) in [6, 6.07) is 4.05. The van der Waals surface area contributed by atoms with Gasteiger partial charge in [-0.2, -0.15) is 14.9 Å². The van der Waals surface area contributed by atoms with E-state index in [1.165, 1.54) is 0 Å². The van der Waals surface area contributed by atoms with Crippen LogP contribution in [0, 0.1) is 11.8 Å². The maximum absolute atomic E-state index is 11.0. The van der Waals surface area contributed by atoms with Gasteiger partial charge in [0, 0.05) is 37.4 Å². The van der Waals surface area contributed by atoms with Crippen LogP contribution in [0.25, 0.3) is 16.9 Å². The van der Waals surface area contributed by atoms with Crippen LogP contribution in [0.4, 0.5) is 5.82 Å². The van der Waals surface area contributed by atoms with Gasteiger partial charge in [-0.25, -0.2) is 4.98 Å². The third-order valence-corrected chi connectivity index (χ3v) is 6.38. The molecule has 9 heteroatoms. The summed E-state index contributed by atoms with van der Waals surface area (Å²) >= 11 is 0. The lowest BCUT2D eigenvalue weighted by atomic mass is 9.77. The number of aromatic amines is 1. The molecule has 3 aliphatic heterocycles. The molecule has 3 saturated heterocycles. The summed E-state index contributed by atoms with van der Waals surface area (Å²) in [6.45, 7) is 4.20. The average Bonchev–Trinajstić information content (AvgIpc) is 3.41. The van der Waals surface area contributed by atoms with Crippen LogP contribution < -0.4 is 4.90 Å². The highest BCUT2D eigenvalue weighted by Crippen LogP contribution is 2.40. The SMILES string of the molecule is C[C@@H]1COCCN1c1cc(C#CC2(O)CC3CC(C2)O3)c2cnn(-c3ccn[nH]3)c2n1. The Balaban J connectivity index is 1.46. The topological polar surface area (TPSA) is 101 Å². The van der Waals surface area contributed by atoms with Crippen molar-refractivity contribution in [3.05, 3.63) is 30.1 Å². The summed E-state index contributed by atoms with van der Waals surface area (Å²) in [5, 5.41) is 23.3. The molecule has 3 aromatic heterocycles. The van der Waals surface area contributed by atoms with Crippen LogP contribution in [-0.4, -0.2) is 73.7 Å². The molecule has 0 radical (unpaired) electrons. The normalized spacial score (nSPS) is 30.0. The summed E-state index contributed by atoms with van der Waals surface area (Å²) in [4.78, 5) is 7.16. The number of hydrogen-bond donors (Lipinski definition) is 2. The molecular weight excluding hydrogens is 396 g/mol. The van der Waals surface area contributed by atoms with Crippen molar-refractivity contribution < 1.29 is 14.6 Å². The van der Waals surface area contributed by atoms with Crippen molar-refractivity contribution in [2.45, 2.75) is 50.0 Å². The molecule has 3 atom stereocenters. The van der Waals surface area contributed by atoms with Gasteiger partial charge in [0.1, 0.15) is 11.4 Å². The standard InChI is InChI=1S/C22H24N6O3/c1-14-13-30-7-6-27(14)20-8-15(2-4-22(29)10-16-9-17(11-22)31-16)18-12-24-28(21(18)25-20)19-3-5-23-26-19/h3,5,8,12,14,16-17,29H,6-7,9-11,13H2,1H3,(H,23,26)/t14-,16?,17?,22?/m1/s1. The van der Waals surface area contributed by atoms with Crippen molar-refractivity contribution in [3.8, 4) is 17.7 Å². The van der Waals surface area contributed by atoms with Gasteiger partial charge in [-0.15, -0.1) is 0 Å². The maximum atomic E-state index is 11.0. The molecule has 160 valence electrons. The van der Waals surface area contributed by atoms with Crippen LogP contribution in [0.3, 0.4) is 0 Å². The molecular formula is C22H24N6O3. The quantitative estimate of drug-likeness (QED) is 0.605. The largest absolute Gasteiger partial charge is 0.377 e. The summed E-state index contributed by atoms with van der Waals surface area (Å²) < 4.78 is 13.0. The van der Waals surface area contributed by atoms with E-state index in [1.54, 1.807) is 17.1 Å². The van der Waals surface area contributed by atoms with Crippen LogP contribution in [0.5, 0.6) is 0 Å². The van der Waals surface area contributed by atoms with Gasteiger partial charge in [0.05, 0.1) is 49.2 Å². The van der Waals surface area contributed by atoms with Gasteiger partial charge in [0.25, 0.3) is 0 Å². The molecule has 0 spiro atoms. The predicted molar refractivity (Wildman–Crippen MR) is 113 cm³/mol. The van der Waals surface area contributed by atoms with E-state index < -0.39 is 5.60 Å². The number of aliphatic hydroxyl groups is 1. The van der Waals surface area contributed by atoms with Gasteiger partial charge in [-0.1, -0.05) is 11.8 Å². The first-order valence-electron chi connectivity index (χ1n) is 10.7. The Morgan fingerprint density at radius 3 is 2.90 bits per heavy atom. The molecule has 1 aliphatic carbocycles. The number of nitrogens with one attached hydrogen (secondary N) is 1. The Morgan fingerprint density at radius 2 is 2.16 bits per heavy atom. The zero-order valence-electron chi connectivity index (χ0n) is 17.3. The number of anilines is 1. The summed E-state index contributed by atoms with van der Waals surface area (Å²) in [7, 11) is 0. The zero-order valence-corrected chi connectivity index (χ0v) is 17.3. The van der Waals surface area contributed by atoms with Gasteiger partial charge in [0.15, 0.2) is 11.5 Å². The Bertz CT molecular complexity index is 1160. The third-order valence-electron chi connectivity index (χ3n) is 6.38. The number of rotatable bonds is 2. The molecule has 9 nitrogen and oxygen atoms in total. The fourth-order valence-electron chi connectivity index (χ4n) is 4.79. The van der Waals surface area contributed by atoms with E-state index in [-0.39, 0.29) is 18.2 Å². The highest BCUT2D eigenvalue weighted by atomic mass is 16.5. The third kappa shape index (κ3) is 3.28. The number of hydrogen-bond acceptors (Lipinski definition) is 7. The monoisotopic (exact) mass is 420 g/mol. The van der Waals surface area contributed by atoms with Crippen molar-refractivity contribution >= 4 is 16.9 Å². The highest BCUT2D eigenvalue weighted by Gasteiger charge is 2.46. The van der Waals surface area contributed by atoms with Crippen molar-refractivity contribution in [1.82, 2.24) is 25.0 Å². The minimum atomic E-state index is -1.01. The molecule has 1 saturated carbocycles. The highest BCUT2D eigenvalue weighted by molar-refractivity contribution is 5.85. The number of fused-ring (bicyclic) bond motifs is 3. The first kappa shape index (κ1) is 18.8. The fraction of sp³-hybridized carbons (Fsp3) is 0.500.